The highest BCUT2D eigenvalue weighted by atomic mass is 16.4. The first-order valence-corrected chi connectivity index (χ1v) is 6.50. The lowest BCUT2D eigenvalue weighted by molar-refractivity contribution is 0.474. The number of aryl methyl sites for hydroxylation is 1. The van der Waals surface area contributed by atoms with E-state index in [4.69, 9.17) is 4.42 Å². The lowest BCUT2D eigenvalue weighted by atomic mass is 10.1. The van der Waals surface area contributed by atoms with Gasteiger partial charge in [-0.05, 0) is 36.8 Å². The van der Waals surface area contributed by atoms with Gasteiger partial charge >= 0.3 is 5.63 Å². The Bertz CT molecular complexity index is 894. The van der Waals surface area contributed by atoms with Gasteiger partial charge in [0, 0.05) is 29.3 Å². The summed E-state index contributed by atoms with van der Waals surface area (Å²) in [7, 11) is 0. The van der Waals surface area contributed by atoms with Crippen LogP contribution in [0.15, 0.2) is 62.7 Å². The van der Waals surface area contributed by atoms with Crippen molar-refractivity contribution in [2.75, 3.05) is 0 Å². The highest BCUT2D eigenvalue weighted by Crippen LogP contribution is 2.23. The average Bonchev–Trinajstić information content (AvgIpc) is 2.46. The number of hydrogen-bond donors (Lipinski definition) is 1. The summed E-state index contributed by atoms with van der Waals surface area (Å²) in [6.45, 7) is 1.87. The lowest BCUT2D eigenvalue weighted by Gasteiger charge is -2.01. The van der Waals surface area contributed by atoms with E-state index in [-0.39, 0.29) is 11.4 Å². The number of hydrogen-bond acceptors (Lipinski definition) is 4. The minimum Gasteiger partial charge on any atom is -0.507 e. The molecule has 0 saturated heterocycles. The van der Waals surface area contributed by atoms with Crippen molar-refractivity contribution < 1.29 is 9.52 Å². The SMILES string of the molecule is Cc1cc(=O)oc2cc(N=Cc3ccccc3O)ccc12. The molecule has 0 aliphatic heterocycles. The van der Waals surface area contributed by atoms with Crippen LogP contribution in [0.25, 0.3) is 11.0 Å². The van der Waals surface area contributed by atoms with Crippen molar-refractivity contribution in [3.63, 3.8) is 0 Å². The largest absolute Gasteiger partial charge is 0.507 e. The van der Waals surface area contributed by atoms with Gasteiger partial charge in [-0.3, -0.25) is 4.99 Å². The fraction of sp³-hybridized carbons (Fsp3) is 0.0588. The molecule has 21 heavy (non-hydrogen) atoms. The third-order valence-electron chi connectivity index (χ3n) is 3.22. The molecule has 104 valence electrons. The van der Waals surface area contributed by atoms with Crippen LogP contribution in [-0.4, -0.2) is 11.3 Å². The second-order valence-electron chi connectivity index (χ2n) is 4.75. The summed E-state index contributed by atoms with van der Waals surface area (Å²) in [5.41, 5.74) is 2.29. The maximum absolute atomic E-state index is 11.4. The molecule has 0 spiro atoms. The quantitative estimate of drug-likeness (QED) is 0.576. The number of para-hydroxylation sites is 1. The molecule has 1 heterocycles. The predicted molar refractivity (Wildman–Crippen MR) is 82.6 cm³/mol. The van der Waals surface area contributed by atoms with Crippen LogP contribution in [0.1, 0.15) is 11.1 Å². The molecule has 0 saturated carbocycles. The molecule has 0 bridgehead atoms. The Balaban J connectivity index is 2.02. The highest BCUT2D eigenvalue weighted by molar-refractivity contribution is 5.87. The molecule has 3 aromatic rings. The van der Waals surface area contributed by atoms with E-state index in [1.165, 1.54) is 6.07 Å². The van der Waals surface area contributed by atoms with Crippen molar-refractivity contribution in [3.8, 4) is 5.75 Å². The van der Waals surface area contributed by atoms with Crippen LogP contribution in [0.2, 0.25) is 0 Å². The summed E-state index contributed by atoms with van der Waals surface area (Å²) < 4.78 is 5.18. The summed E-state index contributed by atoms with van der Waals surface area (Å²) >= 11 is 0. The maximum Gasteiger partial charge on any atom is 0.336 e. The Morgan fingerprint density at radius 1 is 1.14 bits per heavy atom. The van der Waals surface area contributed by atoms with E-state index in [1.807, 2.05) is 25.1 Å². The molecule has 0 aliphatic carbocycles. The average molecular weight is 279 g/mol. The van der Waals surface area contributed by atoms with Gasteiger partial charge in [0.15, 0.2) is 0 Å². The molecule has 3 rings (SSSR count). The van der Waals surface area contributed by atoms with Crippen LogP contribution in [0.3, 0.4) is 0 Å². The second-order valence-corrected chi connectivity index (χ2v) is 4.75. The van der Waals surface area contributed by atoms with E-state index < -0.39 is 0 Å². The molecule has 0 unspecified atom stereocenters. The second kappa shape index (κ2) is 5.25. The molecule has 0 radical (unpaired) electrons. The topological polar surface area (TPSA) is 62.8 Å². The van der Waals surface area contributed by atoms with Crippen LogP contribution in [0.5, 0.6) is 5.75 Å². The molecule has 2 aromatic carbocycles. The Morgan fingerprint density at radius 3 is 2.76 bits per heavy atom. The van der Waals surface area contributed by atoms with Gasteiger partial charge in [0.05, 0.1) is 5.69 Å². The van der Waals surface area contributed by atoms with Gasteiger partial charge in [0.2, 0.25) is 0 Å². The normalized spacial score (nSPS) is 11.3. The summed E-state index contributed by atoms with van der Waals surface area (Å²) in [4.78, 5) is 15.7. The fourth-order valence-electron chi connectivity index (χ4n) is 2.13. The number of phenolic OH excluding ortho intramolecular Hbond substituents is 1. The first kappa shape index (κ1) is 13.1. The number of fused-ring (bicyclic) bond motifs is 1. The lowest BCUT2D eigenvalue weighted by Crippen LogP contribution is -1.97. The van der Waals surface area contributed by atoms with Crippen molar-refractivity contribution in [1.82, 2.24) is 0 Å². The minimum absolute atomic E-state index is 0.171. The van der Waals surface area contributed by atoms with Gasteiger partial charge in [0.25, 0.3) is 0 Å². The first-order chi connectivity index (χ1) is 10.1. The third-order valence-corrected chi connectivity index (χ3v) is 3.22. The fourth-order valence-corrected chi connectivity index (χ4v) is 2.13. The first-order valence-electron chi connectivity index (χ1n) is 6.50. The molecule has 1 aromatic heterocycles. The Labute approximate surface area is 121 Å². The Kier molecular flexibility index (Phi) is 3.28. The molecule has 0 amide bonds. The van der Waals surface area contributed by atoms with Crippen molar-refractivity contribution in [3.05, 3.63) is 70.1 Å². The van der Waals surface area contributed by atoms with Crippen molar-refractivity contribution in [2.45, 2.75) is 6.92 Å². The molecule has 0 aliphatic rings. The summed E-state index contributed by atoms with van der Waals surface area (Å²) in [5, 5.41) is 10.6. The number of benzene rings is 2. The zero-order valence-electron chi connectivity index (χ0n) is 11.4. The molecule has 1 N–H and O–H groups in total. The molecule has 0 fully saturated rings. The third kappa shape index (κ3) is 2.69. The molecular formula is C17H13NO3. The molecular weight excluding hydrogens is 266 g/mol. The maximum atomic E-state index is 11.4. The number of rotatable bonds is 2. The Hall–Kier alpha value is -2.88. The highest BCUT2D eigenvalue weighted by Gasteiger charge is 2.03. The number of phenols is 1. The van der Waals surface area contributed by atoms with Crippen molar-refractivity contribution >= 4 is 22.9 Å². The van der Waals surface area contributed by atoms with Gasteiger partial charge in [-0.2, -0.15) is 0 Å². The van der Waals surface area contributed by atoms with Gasteiger partial charge in [0.1, 0.15) is 11.3 Å². The summed E-state index contributed by atoms with van der Waals surface area (Å²) in [6, 6.07) is 13.8. The Morgan fingerprint density at radius 2 is 1.95 bits per heavy atom. The van der Waals surface area contributed by atoms with Crippen molar-refractivity contribution in [2.24, 2.45) is 4.99 Å². The molecule has 4 nitrogen and oxygen atoms in total. The number of aliphatic imine (C=N–C) groups is 1. The van der Waals surface area contributed by atoms with Crippen LogP contribution in [0.4, 0.5) is 5.69 Å². The van der Waals surface area contributed by atoms with Crippen LogP contribution < -0.4 is 5.63 Å². The van der Waals surface area contributed by atoms with E-state index in [0.717, 1.165) is 10.9 Å². The monoisotopic (exact) mass is 279 g/mol. The summed E-state index contributed by atoms with van der Waals surface area (Å²) in [6.07, 6.45) is 1.57. The van der Waals surface area contributed by atoms with E-state index in [2.05, 4.69) is 4.99 Å². The zero-order valence-corrected chi connectivity index (χ0v) is 11.4. The van der Waals surface area contributed by atoms with Gasteiger partial charge in [-0.25, -0.2) is 4.79 Å². The van der Waals surface area contributed by atoms with E-state index in [0.29, 0.717) is 16.8 Å². The summed E-state index contributed by atoms with van der Waals surface area (Å²) in [5.74, 6) is 0.171. The van der Waals surface area contributed by atoms with Gasteiger partial charge < -0.3 is 9.52 Å². The number of aromatic hydroxyl groups is 1. The predicted octanol–water partition coefficient (Wildman–Crippen LogP) is 3.56. The van der Waals surface area contributed by atoms with Crippen LogP contribution in [0, 0.1) is 6.92 Å². The van der Waals surface area contributed by atoms with E-state index in [9.17, 15) is 9.90 Å². The smallest absolute Gasteiger partial charge is 0.336 e. The minimum atomic E-state index is -0.373. The zero-order chi connectivity index (χ0) is 14.8. The van der Waals surface area contributed by atoms with E-state index in [1.54, 1.807) is 30.5 Å². The van der Waals surface area contributed by atoms with Crippen LogP contribution >= 0.6 is 0 Å². The molecule has 0 atom stereocenters. The van der Waals surface area contributed by atoms with E-state index >= 15 is 0 Å². The standard InChI is InChI=1S/C17H13NO3/c1-11-8-17(20)21-16-9-13(6-7-14(11)16)18-10-12-4-2-3-5-15(12)19/h2-10,19H,1H3. The van der Waals surface area contributed by atoms with Gasteiger partial charge in [-0.15, -0.1) is 0 Å². The van der Waals surface area contributed by atoms with Gasteiger partial charge in [-0.1, -0.05) is 12.1 Å². The van der Waals surface area contributed by atoms with Crippen LogP contribution in [-0.2, 0) is 0 Å². The number of nitrogens with zero attached hydrogens (tertiary/aromatic N) is 1. The van der Waals surface area contributed by atoms with Crippen molar-refractivity contribution in [1.29, 1.82) is 0 Å². The molecule has 4 heteroatoms.